The molecule has 0 bridgehead atoms. The third kappa shape index (κ3) is 13.2. The van der Waals surface area contributed by atoms with Crippen molar-refractivity contribution >= 4 is 156 Å². The zero-order chi connectivity index (χ0) is 46.3. The molecule has 6 aromatic carbocycles. The number of esters is 2. The van der Waals surface area contributed by atoms with Crippen LogP contribution >= 0.6 is 31.3 Å². The number of hydrogen-bond acceptors (Lipinski definition) is 20. The molecule has 20 nitrogen and oxygen atoms in total. The molecule has 2 aliphatic heterocycles. The van der Waals surface area contributed by atoms with Crippen LogP contribution in [0.4, 0.5) is 0 Å². The Kier molecular flexibility index (Phi) is 19.3. The Hall–Kier alpha value is -2.16. The summed E-state index contributed by atoms with van der Waals surface area (Å²) in [5.41, 5.74) is 0.760. The first kappa shape index (κ1) is 57.4. The number of phosphoric acid groups is 4. The van der Waals surface area contributed by atoms with Gasteiger partial charge in [-0.2, -0.15) is 0 Å². The summed E-state index contributed by atoms with van der Waals surface area (Å²) in [6, 6.07) is 35.8. The second-order valence-electron chi connectivity index (χ2n) is 13.5. The van der Waals surface area contributed by atoms with Crippen LogP contribution in [-0.4, -0.2) is 135 Å². The van der Waals surface area contributed by atoms with Gasteiger partial charge in [0.1, 0.15) is 23.0 Å². The van der Waals surface area contributed by atoms with Gasteiger partial charge in [0, 0.05) is 33.4 Å². The van der Waals surface area contributed by atoms with Crippen molar-refractivity contribution in [2.75, 3.05) is 0 Å². The molecule has 0 aliphatic carbocycles. The number of rotatable bonds is 12. The molecule has 2 N–H and O–H groups in total. The SMILES string of the molecule is O=C1OC(c2ccc(O)cc2)(c2ccc(OP(=O)([O-])OP(=O)([O-])[O-])cc2)c2ccccc21.O=C1OC(c2ccc(O)cc2)(c2ccc(OP(=O)([O-])OP(=O)([O-])[O-])cc2)c2ccccc21.[Ca+2].[Ca+2].[Ca+2]. The van der Waals surface area contributed by atoms with E-state index in [0.29, 0.717) is 44.5 Å². The molecule has 0 aromatic heterocycles. The molecule has 0 amide bonds. The molecule has 0 saturated carbocycles. The van der Waals surface area contributed by atoms with E-state index in [1.165, 1.54) is 72.8 Å². The summed E-state index contributed by atoms with van der Waals surface area (Å²) in [6.45, 7) is 0. The molecule has 4 atom stereocenters. The molecule has 27 heteroatoms. The van der Waals surface area contributed by atoms with E-state index in [1.807, 2.05) is 0 Å². The van der Waals surface area contributed by atoms with E-state index >= 15 is 0 Å². The number of cyclic esters (lactones) is 2. The quantitative estimate of drug-likeness (QED) is 0.100. The first-order chi connectivity index (χ1) is 30.0. The van der Waals surface area contributed by atoms with Crippen LogP contribution in [0.2, 0.25) is 0 Å². The summed E-state index contributed by atoms with van der Waals surface area (Å²) in [5, 5.41) is 19.3. The number of aromatic hydroxyl groups is 2. The minimum Gasteiger partial charge on any atom is -0.789 e. The number of phosphoric ester groups is 2. The van der Waals surface area contributed by atoms with E-state index in [2.05, 4.69) is 17.7 Å². The van der Waals surface area contributed by atoms with Gasteiger partial charge in [0.05, 0.1) is 26.8 Å². The van der Waals surface area contributed by atoms with Crippen molar-refractivity contribution in [2.24, 2.45) is 0 Å². The first-order valence-electron chi connectivity index (χ1n) is 17.9. The molecule has 2 aliphatic rings. The van der Waals surface area contributed by atoms with Crippen molar-refractivity contribution in [1.82, 2.24) is 0 Å². The molecule has 332 valence electrons. The van der Waals surface area contributed by atoms with Crippen molar-refractivity contribution in [3.63, 3.8) is 0 Å². The van der Waals surface area contributed by atoms with E-state index in [0.717, 1.165) is 0 Å². The summed E-state index contributed by atoms with van der Waals surface area (Å²) < 4.78 is 71.9. The Morgan fingerprint density at radius 3 is 0.970 bits per heavy atom. The summed E-state index contributed by atoms with van der Waals surface area (Å²) >= 11 is 0. The van der Waals surface area contributed by atoms with Crippen LogP contribution in [-0.2, 0) is 47.6 Å². The van der Waals surface area contributed by atoms with Crippen LogP contribution in [0.1, 0.15) is 54.1 Å². The van der Waals surface area contributed by atoms with Crippen molar-refractivity contribution in [1.29, 1.82) is 0 Å². The number of benzene rings is 6. The normalized spacial score (nSPS) is 18.8. The molecule has 0 spiro atoms. The molecular weight excluding hydrogens is 1040 g/mol. The van der Waals surface area contributed by atoms with E-state index in [9.17, 15) is 67.4 Å². The maximum absolute atomic E-state index is 12.6. The fourth-order valence-corrected chi connectivity index (χ4v) is 10.0. The van der Waals surface area contributed by atoms with Gasteiger partial charge < -0.3 is 67.2 Å². The van der Waals surface area contributed by atoms with Crippen molar-refractivity contribution in [2.45, 2.75) is 11.2 Å². The van der Waals surface area contributed by atoms with Crippen LogP contribution in [0, 0.1) is 0 Å². The van der Waals surface area contributed by atoms with Crippen LogP contribution in [0.3, 0.4) is 0 Å². The smallest absolute Gasteiger partial charge is 0.789 e. The van der Waals surface area contributed by atoms with Gasteiger partial charge in [0.15, 0.2) is 11.2 Å². The largest absolute Gasteiger partial charge is 2.00 e. The number of ether oxygens (including phenoxy) is 2. The van der Waals surface area contributed by atoms with E-state index in [1.54, 1.807) is 72.8 Å². The third-order valence-electron chi connectivity index (χ3n) is 9.45. The minimum absolute atomic E-state index is 0. The van der Waals surface area contributed by atoms with Crippen molar-refractivity contribution in [3.8, 4) is 23.0 Å². The van der Waals surface area contributed by atoms with E-state index < -0.39 is 54.4 Å². The van der Waals surface area contributed by atoms with Gasteiger partial charge >= 0.3 is 141 Å². The Bertz CT molecular complexity index is 2750. The molecule has 8 rings (SSSR count). The number of carbonyl (C=O) groups is 2. The van der Waals surface area contributed by atoms with Gasteiger partial charge in [-0.05, 0) is 60.7 Å². The molecule has 6 aromatic rings. The number of hydrogen-bond donors (Lipinski definition) is 2. The summed E-state index contributed by atoms with van der Waals surface area (Å²) in [4.78, 5) is 90.7. The monoisotopic (exact) mass is 1070 g/mol. The predicted molar refractivity (Wildman–Crippen MR) is 224 cm³/mol. The average molecular weight is 1070 g/mol. The Balaban J connectivity index is 0.000000280. The van der Waals surface area contributed by atoms with E-state index in [-0.39, 0.29) is 136 Å². The minimum atomic E-state index is -5.83. The molecule has 4 unspecified atom stereocenters. The molecule has 0 fully saturated rings. The summed E-state index contributed by atoms with van der Waals surface area (Å²) in [6.07, 6.45) is 0. The Morgan fingerprint density at radius 1 is 0.418 bits per heavy atom. The fraction of sp³-hybridized carbons (Fsp3) is 0.0500. The molecular formula is C40H26Ca3O20P4. The van der Waals surface area contributed by atoms with Crippen LogP contribution in [0.15, 0.2) is 146 Å². The number of phenols is 2. The predicted octanol–water partition coefficient (Wildman–Crippen LogP) is 1.95. The van der Waals surface area contributed by atoms with E-state index in [4.69, 9.17) is 9.47 Å². The molecule has 0 saturated heterocycles. The van der Waals surface area contributed by atoms with Gasteiger partial charge in [-0.3, -0.25) is 17.8 Å². The maximum atomic E-state index is 12.6. The van der Waals surface area contributed by atoms with Gasteiger partial charge in [-0.25, -0.2) is 9.59 Å². The average Bonchev–Trinajstić information content (AvgIpc) is 3.69. The summed E-state index contributed by atoms with van der Waals surface area (Å²) in [7, 11) is -22.6. The fourth-order valence-electron chi connectivity index (χ4n) is 7.06. The number of carbonyl (C=O) groups excluding carboxylic acids is 2. The zero-order valence-corrected chi connectivity index (χ0v) is 44.2. The zero-order valence-electron chi connectivity index (χ0n) is 34.0. The standard InChI is InChI=1S/2C20H16O10P2.3Ca/c2*21-15-9-5-13(6-10-15)20(18-4-2-1-3-17(18)19(22)28-20)14-7-11-16(12-8-14)29-32(26,27)30-31(23,24)25;;;/h2*1-12,21H,(H,26,27)(H2,23,24,25);;;/q;;3*+2/p-6. The number of phenolic OH excluding ortho intramolecular Hbond substituents is 2. The third-order valence-corrected chi connectivity index (χ3v) is 13.5. The molecule has 0 radical (unpaired) electrons. The van der Waals surface area contributed by atoms with Crippen molar-refractivity contribution in [3.05, 3.63) is 190 Å². The second-order valence-corrected chi connectivity index (χ2v) is 18.8. The van der Waals surface area contributed by atoms with Gasteiger partial charge in [-0.15, -0.1) is 0 Å². The van der Waals surface area contributed by atoms with Crippen LogP contribution < -0.4 is 38.4 Å². The number of fused-ring (bicyclic) bond motifs is 2. The topological polar surface area (TPSA) is 337 Å². The second kappa shape index (κ2) is 22.5. The van der Waals surface area contributed by atoms with Gasteiger partial charge in [0.2, 0.25) is 0 Å². The van der Waals surface area contributed by atoms with Crippen molar-refractivity contribution < 1.29 is 94.6 Å². The maximum Gasteiger partial charge on any atom is 2.00 e. The van der Waals surface area contributed by atoms with Crippen LogP contribution in [0.5, 0.6) is 23.0 Å². The Labute approximate surface area is 469 Å². The van der Waals surface area contributed by atoms with Gasteiger partial charge in [-0.1, -0.05) is 84.9 Å². The summed E-state index contributed by atoms with van der Waals surface area (Å²) in [5.74, 6) is -1.81. The van der Waals surface area contributed by atoms with Crippen LogP contribution in [0.25, 0.3) is 0 Å². The molecule has 67 heavy (non-hydrogen) atoms. The van der Waals surface area contributed by atoms with Gasteiger partial charge in [0.25, 0.3) is 0 Å². The first-order valence-corrected chi connectivity index (χ1v) is 23.8. The molecule has 2 heterocycles. The Morgan fingerprint density at radius 2 is 0.687 bits per heavy atom.